The second-order valence-electron chi connectivity index (χ2n) is 4.70. The van der Waals surface area contributed by atoms with Crippen molar-refractivity contribution in [1.29, 1.82) is 0 Å². The minimum atomic E-state index is -0.430. The van der Waals surface area contributed by atoms with Gasteiger partial charge in [0.2, 0.25) is 0 Å². The van der Waals surface area contributed by atoms with Gasteiger partial charge in [0.25, 0.3) is 0 Å². The number of carbonyl (C=O) groups is 1. The molecule has 0 spiro atoms. The number of nitrogens with one attached hydrogen (secondary N) is 1. The molecule has 0 aromatic carbocycles. The van der Waals surface area contributed by atoms with Gasteiger partial charge in [-0.1, -0.05) is 32.4 Å². The van der Waals surface area contributed by atoms with E-state index in [-0.39, 0.29) is 5.97 Å². The number of aromatic nitrogens is 2. The zero-order valence-corrected chi connectivity index (χ0v) is 12.5. The highest BCUT2D eigenvalue weighted by Crippen LogP contribution is 2.16. The summed E-state index contributed by atoms with van der Waals surface area (Å²) in [6, 6.07) is 1.18. The van der Waals surface area contributed by atoms with Gasteiger partial charge in [-0.25, -0.2) is 14.8 Å². The summed E-state index contributed by atoms with van der Waals surface area (Å²) in [6.45, 7) is 6.03. The lowest BCUT2D eigenvalue weighted by Gasteiger charge is -2.19. The van der Waals surface area contributed by atoms with Crippen molar-refractivity contribution in [2.24, 2.45) is 5.92 Å². The number of methoxy groups -OCH3 is 1. The first-order chi connectivity index (χ1) is 8.96. The number of halogens is 1. The van der Waals surface area contributed by atoms with Crippen molar-refractivity contribution in [2.45, 2.75) is 39.7 Å². The smallest absolute Gasteiger partial charge is 0.328 e. The molecule has 19 heavy (non-hydrogen) atoms. The Balaban J connectivity index is 2.89. The molecule has 1 atom stereocenters. The van der Waals surface area contributed by atoms with Crippen LogP contribution in [0.4, 0.5) is 5.82 Å². The lowest BCUT2D eigenvalue weighted by molar-refractivity contribution is -0.141. The van der Waals surface area contributed by atoms with Crippen molar-refractivity contribution in [3.8, 4) is 0 Å². The Bertz CT molecular complexity index is 438. The summed E-state index contributed by atoms with van der Waals surface area (Å²) >= 11 is 5.92. The van der Waals surface area contributed by atoms with Gasteiger partial charge in [-0.05, 0) is 12.3 Å². The average molecular weight is 286 g/mol. The maximum atomic E-state index is 11.7. The highest BCUT2D eigenvalue weighted by molar-refractivity contribution is 6.29. The molecular weight excluding hydrogens is 266 g/mol. The second kappa shape index (κ2) is 7.28. The number of carbonyl (C=O) groups excluding carboxylic acids is 1. The minimum Gasteiger partial charge on any atom is -0.467 e. The van der Waals surface area contributed by atoms with Gasteiger partial charge in [-0.2, -0.15) is 0 Å². The van der Waals surface area contributed by atoms with Crippen molar-refractivity contribution in [1.82, 2.24) is 9.97 Å². The van der Waals surface area contributed by atoms with Crippen LogP contribution in [0.15, 0.2) is 6.07 Å². The van der Waals surface area contributed by atoms with E-state index in [4.69, 9.17) is 16.3 Å². The van der Waals surface area contributed by atoms with Gasteiger partial charge in [0.05, 0.1) is 7.11 Å². The molecule has 1 unspecified atom stereocenters. The topological polar surface area (TPSA) is 64.1 Å². The maximum absolute atomic E-state index is 11.7. The number of hydrogen-bond acceptors (Lipinski definition) is 5. The van der Waals surface area contributed by atoms with Crippen LogP contribution in [0.5, 0.6) is 0 Å². The van der Waals surface area contributed by atoms with E-state index in [1.54, 1.807) is 6.07 Å². The summed E-state index contributed by atoms with van der Waals surface area (Å²) in [5.41, 5.74) is 0. The fourth-order valence-corrected chi connectivity index (χ4v) is 1.90. The summed E-state index contributed by atoms with van der Waals surface area (Å²) in [5.74, 6) is 1.25. The monoisotopic (exact) mass is 285 g/mol. The Kier molecular flexibility index (Phi) is 6.02. The molecule has 0 aliphatic heterocycles. The van der Waals surface area contributed by atoms with Crippen LogP contribution in [0, 0.1) is 5.92 Å². The number of hydrogen-bond donors (Lipinski definition) is 1. The first-order valence-corrected chi connectivity index (χ1v) is 6.71. The molecule has 0 radical (unpaired) electrons. The Morgan fingerprint density at radius 2 is 2.16 bits per heavy atom. The number of nitrogens with zero attached hydrogens (tertiary/aromatic N) is 2. The predicted molar refractivity (Wildman–Crippen MR) is 75.3 cm³/mol. The van der Waals surface area contributed by atoms with Crippen LogP contribution in [-0.4, -0.2) is 29.1 Å². The molecule has 0 aliphatic carbocycles. The van der Waals surface area contributed by atoms with Gasteiger partial charge >= 0.3 is 5.97 Å². The number of esters is 1. The molecule has 5 nitrogen and oxygen atoms in total. The first-order valence-electron chi connectivity index (χ1n) is 6.34. The number of ether oxygens (including phenoxy) is 1. The van der Waals surface area contributed by atoms with Gasteiger partial charge < -0.3 is 10.1 Å². The normalized spacial score (nSPS) is 12.3. The third-order valence-electron chi connectivity index (χ3n) is 2.57. The van der Waals surface area contributed by atoms with E-state index in [0.717, 1.165) is 0 Å². The van der Waals surface area contributed by atoms with Gasteiger partial charge in [-0.3, -0.25) is 0 Å². The molecule has 0 bridgehead atoms. The van der Waals surface area contributed by atoms with Gasteiger partial charge in [0.15, 0.2) is 0 Å². The Morgan fingerprint density at radius 1 is 1.47 bits per heavy atom. The first kappa shape index (κ1) is 15.7. The van der Waals surface area contributed by atoms with Gasteiger partial charge in [0.1, 0.15) is 22.8 Å². The molecule has 0 saturated carbocycles. The highest BCUT2D eigenvalue weighted by atomic mass is 35.5. The number of rotatable bonds is 6. The van der Waals surface area contributed by atoms with E-state index in [9.17, 15) is 4.79 Å². The van der Waals surface area contributed by atoms with Crippen LogP contribution in [0.2, 0.25) is 5.15 Å². The van der Waals surface area contributed by atoms with Gasteiger partial charge in [-0.15, -0.1) is 0 Å². The second-order valence-corrected chi connectivity index (χ2v) is 5.08. The van der Waals surface area contributed by atoms with Crippen LogP contribution >= 0.6 is 11.6 Å². The molecule has 0 aliphatic rings. The van der Waals surface area contributed by atoms with Crippen molar-refractivity contribution in [2.75, 3.05) is 12.4 Å². The predicted octanol–water partition coefficient (Wildman–Crippen LogP) is 2.69. The van der Waals surface area contributed by atoms with E-state index in [1.165, 1.54) is 7.11 Å². The molecule has 1 aromatic heterocycles. The Hall–Kier alpha value is -1.36. The van der Waals surface area contributed by atoms with E-state index in [1.807, 2.05) is 20.8 Å². The fourth-order valence-electron chi connectivity index (χ4n) is 1.70. The summed E-state index contributed by atoms with van der Waals surface area (Å²) in [7, 11) is 1.38. The lowest BCUT2D eigenvalue weighted by Crippen LogP contribution is -2.32. The summed E-state index contributed by atoms with van der Waals surface area (Å²) in [5, 5.41) is 3.43. The maximum Gasteiger partial charge on any atom is 0.328 e. The van der Waals surface area contributed by atoms with Crippen LogP contribution in [0.25, 0.3) is 0 Å². The van der Waals surface area contributed by atoms with Crippen LogP contribution in [0.1, 0.15) is 33.0 Å². The summed E-state index contributed by atoms with van der Waals surface area (Å²) in [4.78, 5) is 20.1. The van der Waals surface area contributed by atoms with Crippen molar-refractivity contribution in [3.63, 3.8) is 0 Å². The van der Waals surface area contributed by atoms with E-state index < -0.39 is 6.04 Å². The lowest BCUT2D eigenvalue weighted by atomic mass is 10.0. The standard InChI is InChI=1S/C13H20ClN3O2/c1-5-11-16-10(14)7-12(17-11)15-9(6-8(2)3)13(18)19-4/h7-9H,5-6H2,1-4H3,(H,15,16,17). The molecule has 0 saturated heterocycles. The number of anilines is 1. The largest absolute Gasteiger partial charge is 0.467 e. The minimum absolute atomic E-state index is 0.304. The van der Waals surface area contributed by atoms with Crippen molar-refractivity contribution < 1.29 is 9.53 Å². The molecule has 1 heterocycles. The van der Waals surface area contributed by atoms with Crippen LogP contribution < -0.4 is 5.32 Å². The van der Waals surface area contributed by atoms with Gasteiger partial charge in [0, 0.05) is 12.5 Å². The third-order valence-corrected chi connectivity index (χ3v) is 2.77. The quantitative estimate of drug-likeness (QED) is 0.643. The molecule has 1 aromatic rings. The SMILES string of the molecule is CCc1nc(Cl)cc(NC(CC(C)C)C(=O)OC)n1. The molecule has 0 fully saturated rings. The summed E-state index contributed by atoms with van der Waals surface area (Å²) < 4.78 is 4.79. The zero-order chi connectivity index (χ0) is 14.4. The van der Waals surface area contributed by atoms with Crippen LogP contribution in [-0.2, 0) is 16.0 Å². The highest BCUT2D eigenvalue weighted by Gasteiger charge is 2.21. The fraction of sp³-hybridized carbons (Fsp3) is 0.615. The average Bonchev–Trinajstić information content (AvgIpc) is 2.35. The van der Waals surface area contributed by atoms with E-state index >= 15 is 0 Å². The molecule has 1 N–H and O–H groups in total. The molecule has 1 rings (SSSR count). The van der Waals surface area contributed by atoms with Crippen LogP contribution in [0.3, 0.4) is 0 Å². The van der Waals surface area contributed by atoms with E-state index in [2.05, 4.69) is 15.3 Å². The summed E-state index contributed by atoms with van der Waals surface area (Å²) in [6.07, 6.45) is 1.35. The number of aryl methyl sites for hydroxylation is 1. The zero-order valence-electron chi connectivity index (χ0n) is 11.7. The third kappa shape index (κ3) is 5.03. The van der Waals surface area contributed by atoms with Crippen molar-refractivity contribution >= 4 is 23.4 Å². The molecule has 0 amide bonds. The van der Waals surface area contributed by atoms with Crippen molar-refractivity contribution in [3.05, 3.63) is 17.0 Å². The van der Waals surface area contributed by atoms with E-state index in [0.29, 0.717) is 35.6 Å². The molecular formula is C13H20ClN3O2. The molecule has 6 heteroatoms. The Morgan fingerprint density at radius 3 is 2.68 bits per heavy atom. The molecule has 106 valence electrons. The Labute approximate surface area is 118 Å².